The highest BCUT2D eigenvalue weighted by molar-refractivity contribution is 7.89. The zero-order valence-electron chi connectivity index (χ0n) is 22.0. The Hall–Kier alpha value is -4.15. The van der Waals surface area contributed by atoms with Crippen molar-refractivity contribution in [3.8, 4) is 11.5 Å². The van der Waals surface area contributed by atoms with Crippen molar-refractivity contribution < 1.29 is 22.7 Å². The van der Waals surface area contributed by atoms with Gasteiger partial charge >= 0.3 is 0 Å². The lowest BCUT2D eigenvalue weighted by Gasteiger charge is -2.22. The summed E-state index contributed by atoms with van der Waals surface area (Å²) in [5, 5.41) is 13.5. The van der Waals surface area contributed by atoms with Gasteiger partial charge in [0, 0.05) is 30.0 Å². The highest BCUT2D eigenvalue weighted by atomic mass is 32.2. The third kappa shape index (κ3) is 7.04. The van der Waals surface area contributed by atoms with Crippen molar-refractivity contribution in [1.82, 2.24) is 10.3 Å². The van der Waals surface area contributed by atoms with Crippen LogP contribution in [0.2, 0.25) is 0 Å². The minimum absolute atomic E-state index is 0.0279. The van der Waals surface area contributed by atoms with E-state index in [0.717, 1.165) is 16.5 Å². The largest absolute Gasteiger partial charge is 0.490 e. The van der Waals surface area contributed by atoms with Crippen LogP contribution in [0.3, 0.4) is 0 Å². The summed E-state index contributed by atoms with van der Waals surface area (Å²) in [6.07, 6.45) is 3.42. The van der Waals surface area contributed by atoms with Gasteiger partial charge in [-0.3, -0.25) is 9.78 Å². The summed E-state index contributed by atoms with van der Waals surface area (Å²) in [5.74, 6) is 0.733. The van der Waals surface area contributed by atoms with Gasteiger partial charge in [-0.15, -0.1) is 0 Å². The first kappa shape index (κ1) is 27.9. The molecule has 0 saturated carbocycles. The summed E-state index contributed by atoms with van der Waals surface area (Å²) in [6.45, 7) is 6.12. The molecule has 0 saturated heterocycles. The molecule has 10 heteroatoms. The fourth-order valence-corrected chi connectivity index (χ4v) is 4.95. The molecule has 0 fully saturated rings. The zero-order valence-corrected chi connectivity index (χ0v) is 22.9. The zero-order chi connectivity index (χ0) is 28.0. The molecule has 9 nitrogen and oxygen atoms in total. The maximum atomic E-state index is 13.6. The lowest BCUT2D eigenvalue weighted by molar-refractivity contribution is -0.122. The van der Waals surface area contributed by atoms with E-state index < -0.39 is 16.1 Å². The van der Waals surface area contributed by atoms with Gasteiger partial charge in [-0.05, 0) is 73.7 Å². The number of benzene rings is 3. The smallest absolute Gasteiger partial charge is 0.247 e. The quantitative estimate of drug-likeness (QED) is 0.251. The normalized spacial score (nSPS) is 12.2. The van der Waals surface area contributed by atoms with E-state index >= 15 is 0 Å². The van der Waals surface area contributed by atoms with Gasteiger partial charge in [-0.2, -0.15) is 0 Å². The van der Waals surface area contributed by atoms with Crippen LogP contribution >= 0.6 is 0 Å². The number of carbonyl (C=O) groups excluding carboxylic acids is 1. The number of sulfonamides is 1. The molecule has 0 radical (unpaired) electrons. The van der Waals surface area contributed by atoms with Crippen LogP contribution in [0.25, 0.3) is 10.8 Å². The molecule has 1 heterocycles. The van der Waals surface area contributed by atoms with Crippen molar-refractivity contribution in [3.05, 3.63) is 90.3 Å². The fourth-order valence-electron chi connectivity index (χ4n) is 4.18. The predicted octanol–water partition coefficient (Wildman–Crippen LogP) is 4.54. The van der Waals surface area contributed by atoms with Crippen LogP contribution in [-0.4, -0.2) is 32.0 Å². The molecule has 0 aliphatic heterocycles. The van der Waals surface area contributed by atoms with Gasteiger partial charge in [0.15, 0.2) is 11.5 Å². The van der Waals surface area contributed by atoms with Crippen LogP contribution in [0, 0.1) is 0 Å². The molecule has 3 aromatic carbocycles. The first-order chi connectivity index (χ1) is 18.7. The summed E-state index contributed by atoms with van der Waals surface area (Å²) in [4.78, 5) is 17.8. The maximum Gasteiger partial charge on any atom is 0.247 e. The standard InChI is InChI=1S/C29H32N4O5S/c1-4-37-26-16-21(10-12-25(26)38-19(2)3)28(33-24-11-9-22-17-31-14-13-20(22)15-24)29(34)32-18-23-7-5-6-8-27(23)39(30,35)36/h5-17,19,28,33H,4,18H2,1-3H3,(H,32,34)(H2,30,35,36). The fraction of sp³-hybridized carbons (Fsp3) is 0.241. The highest BCUT2D eigenvalue weighted by Gasteiger charge is 2.24. The number of nitrogens with one attached hydrogen (secondary N) is 2. The van der Waals surface area contributed by atoms with E-state index in [2.05, 4.69) is 15.6 Å². The van der Waals surface area contributed by atoms with Crippen molar-refractivity contribution >= 4 is 32.4 Å². The second-order valence-corrected chi connectivity index (χ2v) is 10.7. The molecule has 0 bridgehead atoms. The average Bonchev–Trinajstić information content (AvgIpc) is 2.91. The number of pyridine rings is 1. The second kappa shape index (κ2) is 12.1. The topological polar surface area (TPSA) is 133 Å². The van der Waals surface area contributed by atoms with Crippen molar-refractivity contribution in [1.29, 1.82) is 0 Å². The number of amides is 1. The number of hydrogen-bond donors (Lipinski definition) is 3. The molecule has 4 rings (SSSR count). The van der Waals surface area contributed by atoms with E-state index in [-0.39, 0.29) is 23.5 Å². The van der Waals surface area contributed by atoms with Gasteiger partial charge in [-0.1, -0.05) is 30.3 Å². The van der Waals surface area contributed by atoms with Crippen molar-refractivity contribution in [2.75, 3.05) is 11.9 Å². The lowest BCUT2D eigenvalue weighted by atomic mass is 10.0. The molecule has 0 aliphatic rings. The number of aromatic nitrogens is 1. The Kier molecular flexibility index (Phi) is 8.68. The number of rotatable bonds is 11. The van der Waals surface area contributed by atoms with Gasteiger partial charge in [0.25, 0.3) is 0 Å². The van der Waals surface area contributed by atoms with Gasteiger partial charge in [0.2, 0.25) is 15.9 Å². The van der Waals surface area contributed by atoms with Gasteiger partial charge in [0.1, 0.15) is 6.04 Å². The van der Waals surface area contributed by atoms with E-state index in [1.165, 1.54) is 6.07 Å². The molecule has 0 aliphatic carbocycles. The summed E-state index contributed by atoms with van der Waals surface area (Å²) in [7, 11) is -3.95. The minimum atomic E-state index is -3.95. The van der Waals surface area contributed by atoms with E-state index in [0.29, 0.717) is 29.2 Å². The van der Waals surface area contributed by atoms with Crippen LogP contribution in [-0.2, 0) is 21.4 Å². The summed E-state index contributed by atoms with van der Waals surface area (Å²) in [5.41, 5.74) is 1.75. The molecular formula is C29H32N4O5S. The molecule has 204 valence electrons. The first-order valence-electron chi connectivity index (χ1n) is 12.6. The lowest BCUT2D eigenvalue weighted by Crippen LogP contribution is -2.33. The summed E-state index contributed by atoms with van der Waals surface area (Å²) < 4.78 is 35.8. The molecule has 4 N–H and O–H groups in total. The number of primary sulfonamides is 1. The molecule has 1 amide bonds. The van der Waals surface area contributed by atoms with E-state index in [1.54, 1.807) is 48.8 Å². The predicted molar refractivity (Wildman–Crippen MR) is 151 cm³/mol. The molecule has 1 atom stereocenters. The third-order valence-electron chi connectivity index (χ3n) is 5.91. The monoisotopic (exact) mass is 548 g/mol. The van der Waals surface area contributed by atoms with Crippen LogP contribution in [0.15, 0.2) is 84.0 Å². The number of anilines is 1. The molecular weight excluding hydrogens is 516 g/mol. The third-order valence-corrected chi connectivity index (χ3v) is 6.92. The van der Waals surface area contributed by atoms with Crippen LogP contribution < -0.4 is 25.2 Å². The number of carbonyl (C=O) groups is 1. The first-order valence-corrected chi connectivity index (χ1v) is 14.1. The maximum absolute atomic E-state index is 13.6. The minimum Gasteiger partial charge on any atom is -0.490 e. The van der Waals surface area contributed by atoms with Crippen LogP contribution in [0.4, 0.5) is 5.69 Å². The van der Waals surface area contributed by atoms with Crippen molar-refractivity contribution in [3.63, 3.8) is 0 Å². The Bertz CT molecular complexity index is 1570. The highest BCUT2D eigenvalue weighted by Crippen LogP contribution is 2.33. The van der Waals surface area contributed by atoms with Crippen LogP contribution in [0.1, 0.15) is 37.9 Å². The number of fused-ring (bicyclic) bond motifs is 1. The van der Waals surface area contributed by atoms with Gasteiger partial charge < -0.3 is 20.1 Å². The van der Waals surface area contributed by atoms with Crippen molar-refractivity contribution in [2.45, 2.75) is 44.4 Å². The number of nitrogens with two attached hydrogens (primary N) is 1. The Morgan fingerprint density at radius 2 is 1.79 bits per heavy atom. The van der Waals surface area contributed by atoms with Crippen molar-refractivity contribution in [2.24, 2.45) is 5.14 Å². The number of ether oxygens (including phenoxy) is 2. The van der Waals surface area contributed by atoms with E-state index in [1.807, 2.05) is 45.0 Å². The molecule has 39 heavy (non-hydrogen) atoms. The SMILES string of the molecule is CCOc1cc(C(Nc2ccc3cnccc3c2)C(=O)NCc2ccccc2S(N)(=O)=O)ccc1OC(C)C. The van der Waals surface area contributed by atoms with Crippen LogP contribution in [0.5, 0.6) is 11.5 Å². The van der Waals surface area contributed by atoms with Gasteiger partial charge in [0.05, 0.1) is 17.6 Å². The second-order valence-electron chi connectivity index (χ2n) is 9.19. The number of nitrogens with zero attached hydrogens (tertiary/aromatic N) is 1. The Morgan fingerprint density at radius 3 is 2.54 bits per heavy atom. The Balaban J connectivity index is 1.68. The number of hydrogen-bond acceptors (Lipinski definition) is 7. The molecule has 1 unspecified atom stereocenters. The molecule has 4 aromatic rings. The van der Waals surface area contributed by atoms with E-state index in [9.17, 15) is 13.2 Å². The Morgan fingerprint density at radius 1 is 1.00 bits per heavy atom. The Labute approximate surface area is 228 Å². The van der Waals surface area contributed by atoms with E-state index in [4.69, 9.17) is 14.6 Å². The average molecular weight is 549 g/mol. The molecule has 1 aromatic heterocycles. The summed E-state index contributed by atoms with van der Waals surface area (Å²) in [6, 6.07) is 18.5. The van der Waals surface area contributed by atoms with Gasteiger partial charge in [-0.25, -0.2) is 13.6 Å². The summed E-state index contributed by atoms with van der Waals surface area (Å²) >= 11 is 0. The molecule has 0 spiro atoms.